The van der Waals surface area contributed by atoms with Gasteiger partial charge in [-0.05, 0) is 44.2 Å². The number of hydrogen-bond donors (Lipinski definition) is 0. The molecule has 0 amide bonds. The average Bonchev–Trinajstić information content (AvgIpc) is 3.52. The predicted octanol–water partition coefficient (Wildman–Crippen LogP) is 4.63. The van der Waals surface area contributed by atoms with Gasteiger partial charge in [0.2, 0.25) is 0 Å². The van der Waals surface area contributed by atoms with Crippen LogP contribution < -0.4 is 19.6 Å². The molecule has 5 rings (SSSR count). The fraction of sp³-hybridized carbons (Fsp3) is 0.179. The molecule has 0 unspecified atom stereocenters. The van der Waals surface area contributed by atoms with Crippen molar-refractivity contribution in [2.45, 2.75) is 19.9 Å². The van der Waals surface area contributed by atoms with Crippen molar-refractivity contribution in [3.8, 4) is 17.1 Å². The molecule has 4 aromatic rings. The zero-order valence-electron chi connectivity index (χ0n) is 21.5. The second-order valence-corrected chi connectivity index (χ2v) is 10.1. The Morgan fingerprint density at radius 3 is 2.75 bits per heavy atom. The van der Waals surface area contributed by atoms with E-state index in [0.29, 0.717) is 32.1 Å². The second kappa shape index (κ2) is 10.9. The molecule has 2 aromatic carbocycles. The van der Waals surface area contributed by atoms with Gasteiger partial charge in [0, 0.05) is 22.7 Å². The quantitative estimate of drug-likeness (QED) is 0.177. The molecule has 0 saturated carbocycles. The van der Waals surface area contributed by atoms with Crippen LogP contribution in [0.15, 0.2) is 80.1 Å². The maximum atomic E-state index is 13.8. The van der Waals surface area contributed by atoms with Gasteiger partial charge in [-0.1, -0.05) is 41.1 Å². The monoisotopic (exact) mass is 579 g/mol. The van der Waals surface area contributed by atoms with E-state index in [2.05, 4.69) is 4.99 Å². The molecule has 1 atom stereocenters. The van der Waals surface area contributed by atoms with Gasteiger partial charge in [-0.25, -0.2) is 9.79 Å². The largest absolute Gasteiger partial charge is 0.496 e. The zero-order chi connectivity index (χ0) is 28.6. The highest BCUT2D eigenvalue weighted by Crippen LogP contribution is 2.36. The number of carbonyl (C=O) groups excluding carboxylic acids is 1. The van der Waals surface area contributed by atoms with E-state index in [1.165, 1.54) is 36.0 Å². The number of ether oxygens (including phenoxy) is 2. The number of esters is 1. The topological polar surface area (TPSA) is 126 Å². The summed E-state index contributed by atoms with van der Waals surface area (Å²) in [5, 5.41) is 11.8. The summed E-state index contributed by atoms with van der Waals surface area (Å²) in [4.78, 5) is 42.8. The van der Waals surface area contributed by atoms with E-state index in [1.807, 2.05) is 0 Å². The lowest BCUT2D eigenvalue weighted by molar-refractivity contribution is -0.384. The first kappa shape index (κ1) is 27.1. The molecule has 40 heavy (non-hydrogen) atoms. The molecule has 0 bridgehead atoms. The molecular weight excluding hydrogens is 558 g/mol. The number of rotatable bonds is 7. The SMILES string of the molecule is CCOC(=O)C1=C(C)N=c2s/c(=C\c3ccc(-c4ccc(Cl)cc4[N+](=O)[O-])o3)c(=O)n2[C@H]1c1ccccc1OC. The van der Waals surface area contributed by atoms with Gasteiger partial charge < -0.3 is 13.9 Å². The van der Waals surface area contributed by atoms with Crippen molar-refractivity contribution in [3.05, 3.63) is 112 Å². The number of nitro groups is 1. The molecule has 0 spiro atoms. The van der Waals surface area contributed by atoms with Gasteiger partial charge >= 0.3 is 5.97 Å². The van der Waals surface area contributed by atoms with Gasteiger partial charge in [0.15, 0.2) is 4.80 Å². The molecule has 10 nitrogen and oxygen atoms in total. The summed E-state index contributed by atoms with van der Waals surface area (Å²) in [6.07, 6.45) is 1.54. The van der Waals surface area contributed by atoms with Crippen LogP contribution in [-0.2, 0) is 9.53 Å². The van der Waals surface area contributed by atoms with Gasteiger partial charge in [-0.15, -0.1) is 0 Å². The molecule has 1 aliphatic heterocycles. The highest BCUT2D eigenvalue weighted by Gasteiger charge is 2.35. The number of hydrogen-bond acceptors (Lipinski definition) is 9. The Kier molecular flexibility index (Phi) is 7.42. The van der Waals surface area contributed by atoms with E-state index >= 15 is 0 Å². The fourth-order valence-corrected chi connectivity index (χ4v) is 5.74. The number of allylic oxidation sites excluding steroid dienone is 1. The lowest BCUT2D eigenvalue weighted by Gasteiger charge is -2.25. The Hall–Kier alpha value is -4.48. The molecule has 204 valence electrons. The van der Waals surface area contributed by atoms with Gasteiger partial charge in [-0.3, -0.25) is 19.5 Å². The summed E-state index contributed by atoms with van der Waals surface area (Å²) in [6.45, 7) is 3.56. The minimum Gasteiger partial charge on any atom is -0.496 e. The number of halogens is 1. The molecule has 12 heteroatoms. The number of benzene rings is 2. The number of nitro benzene ring substituents is 1. The summed E-state index contributed by atoms with van der Waals surface area (Å²) >= 11 is 7.06. The number of methoxy groups -OCH3 is 1. The van der Waals surface area contributed by atoms with Crippen LogP contribution >= 0.6 is 22.9 Å². The normalized spacial score (nSPS) is 15.0. The van der Waals surface area contributed by atoms with Crippen LogP contribution in [-0.4, -0.2) is 29.2 Å². The van der Waals surface area contributed by atoms with Crippen LogP contribution in [0.5, 0.6) is 5.75 Å². The lowest BCUT2D eigenvalue weighted by Crippen LogP contribution is -2.40. The van der Waals surface area contributed by atoms with E-state index < -0.39 is 22.5 Å². The number of nitrogens with zero attached hydrogens (tertiary/aromatic N) is 3. The maximum absolute atomic E-state index is 13.8. The molecule has 0 aliphatic carbocycles. The van der Waals surface area contributed by atoms with Crippen molar-refractivity contribution in [3.63, 3.8) is 0 Å². The minimum atomic E-state index is -0.836. The number of thiazole rings is 1. The zero-order valence-corrected chi connectivity index (χ0v) is 23.1. The van der Waals surface area contributed by atoms with Crippen molar-refractivity contribution in [2.24, 2.45) is 4.99 Å². The number of aromatic nitrogens is 1. The molecular formula is C28H22ClN3O7S. The van der Waals surface area contributed by atoms with E-state index in [1.54, 1.807) is 50.2 Å². The Labute approximate surface area is 236 Å². The van der Waals surface area contributed by atoms with Crippen molar-refractivity contribution >= 4 is 40.7 Å². The third kappa shape index (κ3) is 4.85. The van der Waals surface area contributed by atoms with E-state index in [0.717, 1.165) is 11.3 Å². The minimum absolute atomic E-state index is 0.158. The third-order valence-electron chi connectivity index (χ3n) is 6.27. The number of furan rings is 1. The van der Waals surface area contributed by atoms with Crippen molar-refractivity contribution in [1.82, 2.24) is 4.57 Å². The fourth-order valence-electron chi connectivity index (χ4n) is 4.55. The average molecular weight is 580 g/mol. The Morgan fingerprint density at radius 2 is 2.02 bits per heavy atom. The van der Waals surface area contributed by atoms with Crippen LogP contribution in [0.2, 0.25) is 5.02 Å². The molecule has 3 heterocycles. The van der Waals surface area contributed by atoms with Gasteiger partial charge in [0.25, 0.3) is 11.2 Å². The first-order valence-electron chi connectivity index (χ1n) is 12.1. The highest BCUT2D eigenvalue weighted by atomic mass is 35.5. The summed E-state index contributed by atoms with van der Waals surface area (Å²) in [5.74, 6) is 0.474. The van der Waals surface area contributed by atoms with Crippen LogP contribution in [0.1, 0.15) is 31.2 Å². The van der Waals surface area contributed by atoms with Crippen LogP contribution in [0, 0.1) is 10.1 Å². The number of carbonyl (C=O) groups is 1. The number of fused-ring (bicyclic) bond motifs is 1. The molecule has 0 saturated heterocycles. The van der Waals surface area contributed by atoms with Crippen molar-refractivity contribution in [2.75, 3.05) is 13.7 Å². The van der Waals surface area contributed by atoms with Crippen molar-refractivity contribution < 1.29 is 23.6 Å². The smallest absolute Gasteiger partial charge is 0.338 e. The van der Waals surface area contributed by atoms with Crippen LogP contribution in [0.3, 0.4) is 0 Å². The van der Waals surface area contributed by atoms with E-state index in [-0.39, 0.29) is 34.2 Å². The highest BCUT2D eigenvalue weighted by molar-refractivity contribution is 7.07. The summed E-state index contributed by atoms with van der Waals surface area (Å²) < 4.78 is 18.5. The first-order chi connectivity index (χ1) is 19.2. The van der Waals surface area contributed by atoms with Crippen LogP contribution in [0.4, 0.5) is 5.69 Å². The Balaban J connectivity index is 1.66. The lowest BCUT2D eigenvalue weighted by atomic mass is 9.95. The second-order valence-electron chi connectivity index (χ2n) is 8.66. The Bertz CT molecular complexity index is 1870. The first-order valence-corrected chi connectivity index (χ1v) is 13.3. The summed E-state index contributed by atoms with van der Waals surface area (Å²) in [6, 6.07) is 13.8. The summed E-state index contributed by atoms with van der Waals surface area (Å²) in [7, 11) is 1.52. The third-order valence-corrected chi connectivity index (χ3v) is 7.49. The molecule has 0 fully saturated rings. The molecule has 1 aliphatic rings. The van der Waals surface area contributed by atoms with Gasteiger partial charge in [0.1, 0.15) is 23.3 Å². The molecule has 0 N–H and O–H groups in total. The van der Waals surface area contributed by atoms with Gasteiger partial charge in [0.05, 0.1) is 40.0 Å². The van der Waals surface area contributed by atoms with E-state index in [4.69, 9.17) is 25.5 Å². The molecule has 0 radical (unpaired) electrons. The van der Waals surface area contributed by atoms with Crippen molar-refractivity contribution in [1.29, 1.82) is 0 Å². The maximum Gasteiger partial charge on any atom is 0.338 e. The number of para-hydroxylation sites is 1. The van der Waals surface area contributed by atoms with E-state index in [9.17, 15) is 19.7 Å². The predicted molar refractivity (Wildman–Crippen MR) is 149 cm³/mol. The Morgan fingerprint density at radius 1 is 1.25 bits per heavy atom. The standard InChI is InChI=1S/C28H22ClN3O7S/c1-4-38-27(34)24-15(2)30-28-31(25(24)19-7-5-6-8-21(19)37-3)26(33)23(40-28)14-17-10-12-22(39-17)18-11-9-16(29)13-20(18)32(35)36/h5-14,25H,4H2,1-3H3/b23-14-/t25-/m0/s1. The summed E-state index contributed by atoms with van der Waals surface area (Å²) in [5.41, 5.74) is 0.917. The molecule has 2 aromatic heterocycles. The van der Waals surface area contributed by atoms with Gasteiger partial charge in [-0.2, -0.15) is 0 Å². The van der Waals surface area contributed by atoms with Crippen LogP contribution in [0.25, 0.3) is 17.4 Å².